The molecule has 1 aliphatic carbocycles. The molecular weight excluding hydrogens is 488 g/mol. The van der Waals surface area contributed by atoms with Crippen molar-refractivity contribution in [3.63, 3.8) is 0 Å². The molecule has 0 bridgehead atoms. The quantitative estimate of drug-likeness (QED) is 0.112. The highest BCUT2D eigenvalue weighted by Gasteiger charge is 2.21. The van der Waals surface area contributed by atoms with E-state index in [0.717, 1.165) is 40.7 Å². The van der Waals surface area contributed by atoms with E-state index < -0.39 is 0 Å². The molecule has 0 aromatic heterocycles. The second-order valence-corrected chi connectivity index (χ2v) is 10.2. The fourth-order valence-electron chi connectivity index (χ4n) is 4.66. The maximum Gasteiger partial charge on any atom is 0.166 e. The zero-order valence-electron chi connectivity index (χ0n) is 22.3. The molecule has 0 radical (unpaired) electrons. The van der Waals surface area contributed by atoms with Crippen LogP contribution >= 0.6 is 11.6 Å². The predicted octanol–water partition coefficient (Wildman–Crippen LogP) is 8.84. The van der Waals surface area contributed by atoms with Crippen LogP contribution in [-0.4, -0.2) is 11.5 Å². The lowest BCUT2D eigenvalue weighted by Gasteiger charge is -2.12. The fraction of sp³-hybridized carbons (Fsp3) is 0.294. The number of Topliss-reactive ketones (excluding diaryl/α,β-unsaturated/α-hetero) is 1. The smallest absolute Gasteiger partial charge is 0.166 e. The van der Waals surface area contributed by atoms with Crippen LogP contribution in [0.25, 0.3) is 5.57 Å². The van der Waals surface area contributed by atoms with Gasteiger partial charge in [-0.15, -0.1) is 18.1 Å². The summed E-state index contributed by atoms with van der Waals surface area (Å²) in [6.07, 6.45) is 13.2. The van der Waals surface area contributed by atoms with E-state index in [1.165, 1.54) is 5.56 Å². The molecule has 2 aromatic rings. The maximum atomic E-state index is 13.2. The third kappa shape index (κ3) is 7.57. The number of aryl methyl sites for hydroxylation is 1. The highest BCUT2D eigenvalue weighted by Crippen LogP contribution is 2.36. The van der Waals surface area contributed by atoms with Crippen LogP contribution in [0.4, 0.5) is 0 Å². The van der Waals surface area contributed by atoms with Gasteiger partial charge in [0.05, 0.1) is 11.6 Å². The van der Waals surface area contributed by atoms with Gasteiger partial charge in [-0.1, -0.05) is 47.5 Å². The van der Waals surface area contributed by atoms with E-state index in [-0.39, 0.29) is 5.78 Å². The number of rotatable bonds is 10. The van der Waals surface area contributed by atoms with Crippen molar-refractivity contribution in [1.82, 2.24) is 0 Å². The first-order chi connectivity index (χ1) is 18.2. The molecule has 1 aliphatic rings. The standard InChI is InChI=1S/C34H33ClN2O/c1-5-6-8-28(25(4)37)9-7-10-33(35)24(3)32-21-31(15-11-23(32)2)34(38)20-27-14-18-30(19-27)29-16-12-26(22-36)13-17-29/h1,7,11-17,21,30,37H,6,8,10,18-20H2,2-4H3. The van der Waals surface area contributed by atoms with Crippen molar-refractivity contribution in [2.45, 2.75) is 65.2 Å². The van der Waals surface area contributed by atoms with Crippen LogP contribution in [0.5, 0.6) is 0 Å². The molecule has 0 amide bonds. The van der Waals surface area contributed by atoms with Crippen molar-refractivity contribution in [2.24, 2.45) is 0 Å². The van der Waals surface area contributed by atoms with Crippen molar-refractivity contribution in [1.29, 1.82) is 10.7 Å². The minimum Gasteiger partial charge on any atom is -0.305 e. The number of allylic oxidation sites excluding steroid dienone is 5. The third-order valence-electron chi connectivity index (χ3n) is 7.00. The number of benzene rings is 2. The van der Waals surface area contributed by atoms with Gasteiger partial charge < -0.3 is 5.41 Å². The molecule has 1 N–H and O–H groups in total. The van der Waals surface area contributed by atoms with Crippen molar-refractivity contribution < 1.29 is 4.79 Å². The van der Waals surface area contributed by atoms with Crippen LogP contribution < -0.4 is 0 Å². The molecule has 0 spiro atoms. The molecule has 0 aliphatic heterocycles. The molecule has 1 unspecified atom stereocenters. The van der Waals surface area contributed by atoms with Gasteiger partial charge in [0.15, 0.2) is 5.78 Å². The summed E-state index contributed by atoms with van der Waals surface area (Å²) in [6, 6.07) is 15.7. The Morgan fingerprint density at radius 1 is 1.21 bits per heavy atom. The van der Waals surface area contributed by atoms with Gasteiger partial charge >= 0.3 is 0 Å². The van der Waals surface area contributed by atoms with Crippen molar-refractivity contribution in [3.8, 4) is 18.4 Å². The summed E-state index contributed by atoms with van der Waals surface area (Å²) in [5, 5.41) is 17.6. The Hall–Kier alpha value is -3.88. The second-order valence-electron chi connectivity index (χ2n) is 9.75. The van der Waals surface area contributed by atoms with Gasteiger partial charge in [0.25, 0.3) is 0 Å². The van der Waals surface area contributed by atoms with E-state index in [1.54, 1.807) is 6.92 Å². The molecule has 0 saturated carbocycles. The van der Waals surface area contributed by atoms with Crippen molar-refractivity contribution in [2.75, 3.05) is 0 Å². The number of hydrogen-bond acceptors (Lipinski definition) is 3. The SMILES string of the molecule is C#CCCC(=C=CCC(Cl)=C(C)c1cc(C(=O)CC2=CCC(c3ccc(C#N)cc3)C2)ccc1C)C(C)=N. The van der Waals surface area contributed by atoms with E-state index in [0.29, 0.717) is 53.5 Å². The van der Waals surface area contributed by atoms with Crippen LogP contribution in [0, 0.1) is 36.0 Å². The molecule has 0 saturated heterocycles. The highest BCUT2D eigenvalue weighted by atomic mass is 35.5. The summed E-state index contributed by atoms with van der Waals surface area (Å²) in [7, 11) is 0. The molecule has 3 rings (SSSR count). The summed E-state index contributed by atoms with van der Waals surface area (Å²) in [4.78, 5) is 13.2. The number of nitrogens with one attached hydrogen (secondary N) is 1. The number of carbonyl (C=O) groups is 1. The predicted molar refractivity (Wildman–Crippen MR) is 157 cm³/mol. The molecule has 2 aromatic carbocycles. The Kier molecular flexibility index (Phi) is 10.3. The number of hydrogen-bond donors (Lipinski definition) is 1. The van der Waals surface area contributed by atoms with Crippen LogP contribution in [0.1, 0.15) is 90.9 Å². The summed E-state index contributed by atoms with van der Waals surface area (Å²) in [5.41, 5.74) is 11.1. The average Bonchev–Trinajstić information content (AvgIpc) is 3.38. The maximum absolute atomic E-state index is 13.2. The van der Waals surface area contributed by atoms with Crippen LogP contribution in [0.2, 0.25) is 0 Å². The minimum absolute atomic E-state index is 0.101. The normalized spacial score (nSPS) is 14.9. The molecule has 0 heterocycles. The Balaban J connectivity index is 1.71. The first-order valence-corrected chi connectivity index (χ1v) is 13.2. The van der Waals surface area contributed by atoms with Gasteiger partial charge in [0.2, 0.25) is 0 Å². The first kappa shape index (κ1) is 28.7. The van der Waals surface area contributed by atoms with Gasteiger partial charge in [-0.3, -0.25) is 4.79 Å². The van der Waals surface area contributed by atoms with E-state index in [4.69, 9.17) is 28.7 Å². The van der Waals surface area contributed by atoms with Gasteiger partial charge in [0.1, 0.15) is 0 Å². The lowest BCUT2D eigenvalue weighted by molar-refractivity contribution is 0.0992. The molecule has 3 nitrogen and oxygen atoms in total. The van der Waals surface area contributed by atoms with Gasteiger partial charge in [0, 0.05) is 41.1 Å². The Morgan fingerprint density at radius 2 is 1.95 bits per heavy atom. The monoisotopic (exact) mass is 520 g/mol. The second kappa shape index (κ2) is 13.6. The summed E-state index contributed by atoms with van der Waals surface area (Å²) in [6.45, 7) is 5.72. The van der Waals surface area contributed by atoms with Crippen LogP contribution in [0.3, 0.4) is 0 Å². The average molecular weight is 521 g/mol. The Bertz CT molecular complexity index is 1430. The van der Waals surface area contributed by atoms with Gasteiger partial charge in [-0.25, -0.2) is 0 Å². The lowest BCUT2D eigenvalue weighted by atomic mass is 9.92. The third-order valence-corrected chi connectivity index (χ3v) is 7.44. The Morgan fingerprint density at radius 3 is 2.61 bits per heavy atom. The highest BCUT2D eigenvalue weighted by molar-refractivity contribution is 6.32. The van der Waals surface area contributed by atoms with E-state index >= 15 is 0 Å². The number of carbonyl (C=O) groups excluding carboxylic acids is 1. The fourth-order valence-corrected chi connectivity index (χ4v) is 4.84. The zero-order valence-corrected chi connectivity index (χ0v) is 23.1. The number of halogens is 1. The minimum atomic E-state index is 0.101. The molecular formula is C34H33ClN2O. The summed E-state index contributed by atoms with van der Waals surface area (Å²) < 4.78 is 0. The molecule has 192 valence electrons. The summed E-state index contributed by atoms with van der Waals surface area (Å²) >= 11 is 6.67. The molecule has 1 atom stereocenters. The van der Waals surface area contributed by atoms with Crippen LogP contribution in [-0.2, 0) is 0 Å². The Labute approximate surface area is 231 Å². The number of terminal acetylenes is 1. The number of ketones is 1. The molecule has 38 heavy (non-hydrogen) atoms. The largest absolute Gasteiger partial charge is 0.305 e. The van der Waals surface area contributed by atoms with Crippen LogP contribution in [0.15, 0.2) is 76.5 Å². The van der Waals surface area contributed by atoms with E-state index in [2.05, 4.69) is 23.8 Å². The van der Waals surface area contributed by atoms with Crippen molar-refractivity contribution >= 4 is 28.7 Å². The van der Waals surface area contributed by atoms with Gasteiger partial charge in [-0.05, 0) is 92.5 Å². The molecule has 4 heteroatoms. The topological polar surface area (TPSA) is 64.7 Å². The van der Waals surface area contributed by atoms with Gasteiger partial charge in [-0.2, -0.15) is 5.26 Å². The number of nitrogens with zero attached hydrogens (tertiary/aromatic N) is 1. The lowest BCUT2D eigenvalue weighted by Crippen LogP contribution is -2.03. The number of nitriles is 1. The van der Waals surface area contributed by atoms with E-state index in [1.807, 2.05) is 62.4 Å². The first-order valence-electron chi connectivity index (χ1n) is 12.8. The zero-order chi connectivity index (χ0) is 27.7. The van der Waals surface area contributed by atoms with Crippen molar-refractivity contribution in [3.05, 3.63) is 104 Å². The summed E-state index contributed by atoms with van der Waals surface area (Å²) in [5.74, 6) is 3.06. The molecule has 0 fully saturated rings. The van der Waals surface area contributed by atoms with E-state index in [9.17, 15) is 4.79 Å².